The van der Waals surface area contributed by atoms with E-state index < -0.39 is 6.10 Å². The molecule has 2 atom stereocenters. The third-order valence-electron chi connectivity index (χ3n) is 4.69. The molecule has 0 aliphatic carbocycles. The molecule has 1 aromatic carbocycles. The molecule has 1 aliphatic heterocycles. The molecule has 3 aromatic rings. The van der Waals surface area contributed by atoms with Crippen molar-refractivity contribution < 1.29 is 9.53 Å². The maximum Gasteiger partial charge on any atom is 0.255 e. The topological polar surface area (TPSA) is 91.1 Å². The Morgan fingerprint density at radius 2 is 2.11 bits per heavy atom. The first-order chi connectivity index (χ1) is 13.7. The Kier molecular flexibility index (Phi) is 4.87. The van der Waals surface area contributed by atoms with Crippen LogP contribution in [0.2, 0.25) is 0 Å². The van der Waals surface area contributed by atoms with Crippen LogP contribution in [0.1, 0.15) is 12.5 Å². The van der Waals surface area contributed by atoms with Crippen molar-refractivity contribution in [2.75, 3.05) is 23.3 Å². The Hall–Kier alpha value is -3.50. The van der Waals surface area contributed by atoms with E-state index >= 15 is 0 Å². The van der Waals surface area contributed by atoms with Crippen LogP contribution >= 0.6 is 0 Å². The molecule has 1 amide bonds. The molecular formula is C21H19N5O2. The minimum Gasteiger partial charge on any atom is -0.365 e. The lowest BCUT2D eigenvalue weighted by molar-refractivity contribution is -0.131. The summed E-state index contributed by atoms with van der Waals surface area (Å²) in [6.07, 6.45) is 4.19. The van der Waals surface area contributed by atoms with Gasteiger partial charge in [-0.05, 0) is 43.3 Å². The van der Waals surface area contributed by atoms with Crippen LogP contribution in [0, 0.1) is 11.3 Å². The van der Waals surface area contributed by atoms with Crippen LogP contribution in [0.5, 0.6) is 0 Å². The number of hydrogen-bond acceptors (Lipinski definition) is 6. The molecule has 4 rings (SSSR count). The SMILES string of the molecule is C[C@@H]1CN(c2ccc(C#N)c3ncccc23)C[C@H](C(=O)Nc2cccnc2)O1. The Morgan fingerprint density at radius 1 is 1.25 bits per heavy atom. The molecule has 1 aliphatic rings. The second-order valence-electron chi connectivity index (χ2n) is 6.71. The number of pyridine rings is 2. The molecule has 3 heterocycles. The number of nitrogens with zero attached hydrogens (tertiary/aromatic N) is 4. The zero-order valence-corrected chi connectivity index (χ0v) is 15.4. The lowest BCUT2D eigenvalue weighted by atomic mass is 10.1. The number of rotatable bonds is 3. The first-order valence-electron chi connectivity index (χ1n) is 9.05. The predicted octanol–water partition coefficient (Wildman–Crippen LogP) is 2.73. The van der Waals surface area contributed by atoms with Crippen LogP contribution in [0.15, 0.2) is 55.0 Å². The van der Waals surface area contributed by atoms with Gasteiger partial charge >= 0.3 is 0 Å². The van der Waals surface area contributed by atoms with Crippen LogP contribution in [0.25, 0.3) is 10.9 Å². The Bertz CT molecular complexity index is 1050. The monoisotopic (exact) mass is 373 g/mol. The van der Waals surface area contributed by atoms with Gasteiger partial charge in [0.1, 0.15) is 6.07 Å². The third kappa shape index (κ3) is 3.50. The fraction of sp³-hybridized carbons (Fsp3) is 0.238. The Morgan fingerprint density at radius 3 is 2.89 bits per heavy atom. The molecule has 0 unspecified atom stereocenters. The second kappa shape index (κ2) is 7.62. The summed E-state index contributed by atoms with van der Waals surface area (Å²) < 4.78 is 5.89. The first kappa shape index (κ1) is 17.9. The van der Waals surface area contributed by atoms with E-state index in [2.05, 4.69) is 26.3 Å². The maximum absolute atomic E-state index is 12.7. The number of nitrogens with one attached hydrogen (secondary N) is 1. The van der Waals surface area contributed by atoms with Crippen LogP contribution in [-0.2, 0) is 9.53 Å². The van der Waals surface area contributed by atoms with Crippen molar-refractivity contribution in [1.82, 2.24) is 9.97 Å². The summed E-state index contributed by atoms with van der Waals surface area (Å²) >= 11 is 0. The van der Waals surface area contributed by atoms with Crippen molar-refractivity contribution in [3.8, 4) is 6.07 Å². The largest absolute Gasteiger partial charge is 0.365 e. The number of amides is 1. The third-order valence-corrected chi connectivity index (χ3v) is 4.69. The molecule has 28 heavy (non-hydrogen) atoms. The van der Waals surface area contributed by atoms with E-state index in [0.29, 0.717) is 29.9 Å². The van der Waals surface area contributed by atoms with Crippen molar-refractivity contribution >= 4 is 28.2 Å². The van der Waals surface area contributed by atoms with Gasteiger partial charge in [-0.15, -0.1) is 0 Å². The van der Waals surface area contributed by atoms with E-state index in [4.69, 9.17) is 4.74 Å². The Balaban J connectivity index is 1.62. The average molecular weight is 373 g/mol. The number of morpholine rings is 1. The highest BCUT2D eigenvalue weighted by Crippen LogP contribution is 2.30. The highest BCUT2D eigenvalue weighted by molar-refractivity contribution is 5.97. The lowest BCUT2D eigenvalue weighted by Crippen LogP contribution is -2.51. The number of fused-ring (bicyclic) bond motifs is 1. The molecule has 1 N–H and O–H groups in total. The van der Waals surface area contributed by atoms with Crippen LogP contribution in [0.4, 0.5) is 11.4 Å². The van der Waals surface area contributed by atoms with Crippen molar-refractivity contribution in [2.45, 2.75) is 19.1 Å². The molecule has 0 saturated carbocycles. The number of anilines is 2. The molecule has 7 heteroatoms. The van der Waals surface area contributed by atoms with Crippen molar-refractivity contribution in [3.63, 3.8) is 0 Å². The van der Waals surface area contributed by atoms with Crippen molar-refractivity contribution in [3.05, 3.63) is 60.6 Å². The van der Waals surface area contributed by atoms with Crippen LogP contribution in [-0.4, -0.2) is 41.2 Å². The smallest absolute Gasteiger partial charge is 0.255 e. The number of carbonyl (C=O) groups excluding carboxylic acids is 1. The van der Waals surface area contributed by atoms with Crippen LogP contribution < -0.4 is 10.2 Å². The molecule has 0 spiro atoms. The molecule has 0 bridgehead atoms. The van der Waals surface area contributed by atoms with Gasteiger partial charge in [0.25, 0.3) is 5.91 Å². The second-order valence-corrected chi connectivity index (χ2v) is 6.71. The molecule has 2 aromatic heterocycles. The molecule has 7 nitrogen and oxygen atoms in total. The number of ether oxygens (including phenoxy) is 1. The molecule has 0 radical (unpaired) electrons. The standard InChI is InChI=1S/C21H19N5O2/c1-14-12-26(13-19(28-14)21(27)25-16-4-2-8-23-11-16)18-7-6-15(10-22)20-17(18)5-3-9-24-20/h2-9,11,14,19H,12-13H2,1H3,(H,25,27)/t14-,19-/m1/s1. The average Bonchev–Trinajstić information content (AvgIpc) is 2.73. The highest BCUT2D eigenvalue weighted by atomic mass is 16.5. The molecule has 140 valence electrons. The van der Waals surface area contributed by atoms with E-state index in [1.54, 1.807) is 36.8 Å². The summed E-state index contributed by atoms with van der Waals surface area (Å²) in [4.78, 5) is 23.2. The summed E-state index contributed by atoms with van der Waals surface area (Å²) in [5, 5.41) is 13.1. The summed E-state index contributed by atoms with van der Waals surface area (Å²) in [5.74, 6) is -0.208. The zero-order chi connectivity index (χ0) is 19.5. The summed E-state index contributed by atoms with van der Waals surface area (Å²) in [7, 11) is 0. The van der Waals surface area contributed by atoms with Gasteiger partial charge in [-0.3, -0.25) is 14.8 Å². The summed E-state index contributed by atoms with van der Waals surface area (Å²) in [6.45, 7) is 3.00. The van der Waals surface area contributed by atoms with Crippen molar-refractivity contribution in [1.29, 1.82) is 5.26 Å². The van der Waals surface area contributed by atoms with Crippen LogP contribution in [0.3, 0.4) is 0 Å². The normalized spacial score (nSPS) is 19.2. The van der Waals surface area contributed by atoms with Crippen molar-refractivity contribution in [2.24, 2.45) is 0 Å². The summed E-state index contributed by atoms with van der Waals surface area (Å²) in [5.41, 5.74) is 2.77. The minimum atomic E-state index is -0.619. The van der Waals surface area contributed by atoms with Gasteiger partial charge < -0.3 is 15.0 Å². The van der Waals surface area contributed by atoms with Gasteiger partial charge in [0.15, 0.2) is 6.10 Å². The molecule has 1 fully saturated rings. The van der Waals surface area contributed by atoms with Gasteiger partial charge in [0, 0.05) is 30.0 Å². The first-order valence-corrected chi connectivity index (χ1v) is 9.05. The van der Waals surface area contributed by atoms with E-state index in [-0.39, 0.29) is 12.0 Å². The van der Waals surface area contributed by atoms with Gasteiger partial charge in [0.05, 0.1) is 35.6 Å². The number of hydrogen-bond donors (Lipinski definition) is 1. The zero-order valence-electron chi connectivity index (χ0n) is 15.4. The number of aromatic nitrogens is 2. The predicted molar refractivity (Wildman–Crippen MR) is 106 cm³/mol. The lowest BCUT2D eigenvalue weighted by Gasteiger charge is -2.38. The molecule has 1 saturated heterocycles. The number of carbonyl (C=O) groups is 1. The van der Waals surface area contributed by atoms with Gasteiger partial charge in [-0.1, -0.05) is 0 Å². The van der Waals surface area contributed by atoms with E-state index in [1.807, 2.05) is 25.1 Å². The van der Waals surface area contributed by atoms with E-state index in [0.717, 1.165) is 11.1 Å². The highest BCUT2D eigenvalue weighted by Gasteiger charge is 2.31. The fourth-order valence-electron chi connectivity index (χ4n) is 3.48. The number of nitriles is 1. The van der Waals surface area contributed by atoms with Gasteiger partial charge in [-0.25, -0.2) is 0 Å². The quantitative estimate of drug-likeness (QED) is 0.759. The maximum atomic E-state index is 12.7. The van der Waals surface area contributed by atoms with Gasteiger partial charge in [0.2, 0.25) is 0 Å². The van der Waals surface area contributed by atoms with Gasteiger partial charge in [-0.2, -0.15) is 5.26 Å². The number of benzene rings is 1. The van der Waals surface area contributed by atoms with E-state index in [1.165, 1.54) is 0 Å². The summed E-state index contributed by atoms with van der Waals surface area (Å²) in [6, 6.07) is 13.2. The minimum absolute atomic E-state index is 0.124. The van der Waals surface area contributed by atoms with E-state index in [9.17, 15) is 10.1 Å². The fourth-order valence-corrected chi connectivity index (χ4v) is 3.48. The molecular weight excluding hydrogens is 354 g/mol. The Labute approximate surface area is 162 Å².